The molecule has 2 rings (SSSR count). The van der Waals surface area contributed by atoms with E-state index in [0.717, 1.165) is 64.9 Å². The van der Waals surface area contributed by atoms with Gasteiger partial charge in [-0.05, 0) is 38.5 Å². The fraction of sp³-hybridized carbons (Fsp3) is 0.947. The van der Waals surface area contributed by atoms with E-state index in [4.69, 9.17) is 14.5 Å². The van der Waals surface area contributed by atoms with Crippen LogP contribution in [-0.2, 0) is 9.47 Å². The van der Waals surface area contributed by atoms with Crippen molar-refractivity contribution >= 4 is 29.9 Å². The van der Waals surface area contributed by atoms with Crippen molar-refractivity contribution < 1.29 is 9.47 Å². The van der Waals surface area contributed by atoms with Gasteiger partial charge in [-0.15, -0.1) is 24.0 Å². The van der Waals surface area contributed by atoms with E-state index in [1.807, 2.05) is 0 Å². The minimum absolute atomic E-state index is 0. The molecule has 26 heavy (non-hydrogen) atoms. The van der Waals surface area contributed by atoms with Crippen molar-refractivity contribution in [1.82, 2.24) is 15.5 Å². The molecule has 0 aliphatic carbocycles. The van der Waals surface area contributed by atoms with Crippen LogP contribution in [0, 0.1) is 5.92 Å². The molecule has 154 valence electrons. The number of nitrogens with zero attached hydrogens (tertiary/aromatic N) is 2. The zero-order valence-corrected chi connectivity index (χ0v) is 19.2. The first-order chi connectivity index (χ1) is 12.2. The molecule has 0 bridgehead atoms. The molecule has 0 spiro atoms. The molecule has 2 saturated heterocycles. The fourth-order valence-electron chi connectivity index (χ4n) is 3.59. The SMILES string of the molecule is CCNC(=NCC(CC(C)C)N1CCOCC1)NCCC1CCCO1.I. The molecule has 0 amide bonds. The van der Waals surface area contributed by atoms with Gasteiger partial charge < -0.3 is 20.1 Å². The average molecular weight is 482 g/mol. The number of halogens is 1. The lowest BCUT2D eigenvalue weighted by atomic mass is 10.0. The van der Waals surface area contributed by atoms with E-state index in [9.17, 15) is 0 Å². The van der Waals surface area contributed by atoms with Gasteiger partial charge in [-0.25, -0.2) is 0 Å². The first-order valence-electron chi connectivity index (χ1n) is 10.1. The summed E-state index contributed by atoms with van der Waals surface area (Å²) in [6, 6.07) is 0.498. The van der Waals surface area contributed by atoms with Crippen LogP contribution >= 0.6 is 24.0 Å². The largest absolute Gasteiger partial charge is 0.379 e. The summed E-state index contributed by atoms with van der Waals surface area (Å²) in [6.45, 7) is 14.0. The van der Waals surface area contributed by atoms with Gasteiger partial charge in [-0.2, -0.15) is 0 Å². The first-order valence-corrected chi connectivity index (χ1v) is 10.1. The number of aliphatic imine (C=N–C) groups is 1. The normalized spacial score (nSPS) is 22.9. The average Bonchev–Trinajstić information content (AvgIpc) is 3.12. The standard InChI is InChI=1S/C19H38N4O2.HI/c1-4-20-19(21-8-7-18-6-5-11-25-18)22-15-17(14-16(2)3)23-9-12-24-13-10-23;/h16-18H,4-15H2,1-3H3,(H2,20,21,22);1H. The molecule has 0 radical (unpaired) electrons. The Kier molecular flexibility index (Phi) is 12.8. The third kappa shape index (κ3) is 9.19. The molecule has 2 aliphatic heterocycles. The monoisotopic (exact) mass is 482 g/mol. The molecule has 2 unspecified atom stereocenters. The van der Waals surface area contributed by atoms with Gasteiger partial charge in [0.1, 0.15) is 0 Å². The second-order valence-corrected chi connectivity index (χ2v) is 7.50. The summed E-state index contributed by atoms with van der Waals surface area (Å²) in [5, 5.41) is 6.85. The highest BCUT2D eigenvalue weighted by molar-refractivity contribution is 14.0. The molecular formula is C19H39IN4O2. The van der Waals surface area contributed by atoms with Crippen LogP contribution in [0.5, 0.6) is 0 Å². The van der Waals surface area contributed by atoms with Crippen LogP contribution in [0.15, 0.2) is 4.99 Å². The third-order valence-corrected chi connectivity index (χ3v) is 4.89. The lowest BCUT2D eigenvalue weighted by Crippen LogP contribution is -2.46. The van der Waals surface area contributed by atoms with Gasteiger partial charge in [0.15, 0.2) is 5.96 Å². The number of ether oxygens (including phenoxy) is 2. The highest BCUT2D eigenvalue weighted by Crippen LogP contribution is 2.15. The maximum Gasteiger partial charge on any atom is 0.191 e. The van der Waals surface area contributed by atoms with E-state index in [0.29, 0.717) is 18.1 Å². The van der Waals surface area contributed by atoms with E-state index in [-0.39, 0.29) is 24.0 Å². The Hall–Kier alpha value is -0.120. The van der Waals surface area contributed by atoms with Crippen molar-refractivity contribution in [3.05, 3.63) is 0 Å². The topological polar surface area (TPSA) is 58.1 Å². The Labute approximate surface area is 176 Å². The minimum Gasteiger partial charge on any atom is -0.379 e. The highest BCUT2D eigenvalue weighted by Gasteiger charge is 2.22. The van der Waals surface area contributed by atoms with Crippen LogP contribution in [0.25, 0.3) is 0 Å². The zero-order chi connectivity index (χ0) is 17.9. The van der Waals surface area contributed by atoms with Gasteiger partial charge in [-0.3, -0.25) is 9.89 Å². The van der Waals surface area contributed by atoms with E-state index < -0.39 is 0 Å². The van der Waals surface area contributed by atoms with E-state index in [1.54, 1.807) is 0 Å². The second-order valence-electron chi connectivity index (χ2n) is 7.50. The van der Waals surface area contributed by atoms with Gasteiger partial charge in [0, 0.05) is 38.8 Å². The number of nitrogens with one attached hydrogen (secondary N) is 2. The number of guanidine groups is 1. The van der Waals surface area contributed by atoms with Crippen molar-refractivity contribution in [3.63, 3.8) is 0 Å². The molecule has 0 aromatic rings. The smallest absolute Gasteiger partial charge is 0.191 e. The maximum atomic E-state index is 5.70. The summed E-state index contributed by atoms with van der Waals surface area (Å²) in [5.74, 6) is 1.61. The lowest BCUT2D eigenvalue weighted by molar-refractivity contribution is 0.0143. The quantitative estimate of drug-likeness (QED) is 0.301. The Morgan fingerprint density at radius 2 is 1.96 bits per heavy atom. The van der Waals surface area contributed by atoms with Crippen molar-refractivity contribution in [2.45, 2.75) is 58.6 Å². The van der Waals surface area contributed by atoms with Crippen LogP contribution in [0.3, 0.4) is 0 Å². The first kappa shape index (κ1) is 23.9. The highest BCUT2D eigenvalue weighted by atomic mass is 127. The van der Waals surface area contributed by atoms with Crippen LogP contribution in [0.4, 0.5) is 0 Å². The molecule has 2 atom stereocenters. The number of hydrogen-bond acceptors (Lipinski definition) is 4. The molecule has 0 aromatic heterocycles. The van der Waals surface area contributed by atoms with Crippen molar-refractivity contribution in [2.24, 2.45) is 10.9 Å². The van der Waals surface area contributed by atoms with E-state index in [2.05, 4.69) is 36.3 Å². The van der Waals surface area contributed by atoms with E-state index in [1.165, 1.54) is 19.3 Å². The second kappa shape index (κ2) is 14.0. The number of morpholine rings is 1. The molecule has 0 saturated carbocycles. The zero-order valence-electron chi connectivity index (χ0n) is 16.8. The number of rotatable bonds is 9. The molecule has 7 heteroatoms. The van der Waals surface area contributed by atoms with Gasteiger partial charge in [-0.1, -0.05) is 13.8 Å². The molecular weight excluding hydrogens is 443 g/mol. The molecule has 6 nitrogen and oxygen atoms in total. The predicted molar refractivity (Wildman–Crippen MR) is 119 cm³/mol. The predicted octanol–water partition coefficient (Wildman–Crippen LogP) is 2.48. The molecule has 2 N–H and O–H groups in total. The molecule has 0 aromatic carbocycles. The van der Waals surface area contributed by atoms with Crippen molar-refractivity contribution in [3.8, 4) is 0 Å². The van der Waals surface area contributed by atoms with Crippen LogP contribution in [0.1, 0.15) is 46.5 Å². The summed E-state index contributed by atoms with van der Waals surface area (Å²) in [6.07, 6.45) is 5.07. The third-order valence-electron chi connectivity index (χ3n) is 4.89. The Morgan fingerprint density at radius 1 is 1.19 bits per heavy atom. The van der Waals surface area contributed by atoms with Gasteiger partial charge >= 0.3 is 0 Å². The van der Waals surface area contributed by atoms with Gasteiger partial charge in [0.2, 0.25) is 0 Å². The maximum absolute atomic E-state index is 5.70. The van der Waals surface area contributed by atoms with Crippen LogP contribution in [0.2, 0.25) is 0 Å². The lowest BCUT2D eigenvalue weighted by Gasteiger charge is -2.34. The fourth-order valence-corrected chi connectivity index (χ4v) is 3.59. The van der Waals surface area contributed by atoms with Gasteiger partial charge in [0.05, 0.1) is 25.9 Å². The van der Waals surface area contributed by atoms with Crippen molar-refractivity contribution in [1.29, 1.82) is 0 Å². The Morgan fingerprint density at radius 3 is 2.58 bits per heavy atom. The summed E-state index contributed by atoms with van der Waals surface area (Å²) < 4.78 is 11.2. The van der Waals surface area contributed by atoms with E-state index >= 15 is 0 Å². The van der Waals surface area contributed by atoms with Crippen LogP contribution in [-0.4, -0.2) is 75.5 Å². The summed E-state index contributed by atoms with van der Waals surface area (Å²) in [5.41, 5.74) is 0. The summed E-state index contributed by atoms with van der Waals surface area (Å²) >= 11 is 0. The number of hydrogen-bond donors (Lipinski definition) is 2. The Bertz CT molecular complexity index is 384. The Balaban J connectivity index is 0.00000338. The van der Waals surface area contributed by atoms with Crippen LogP contribution < -0.4 is 10.6 Å². The minimum atomic E-state index is 0. The summed E-state index contributed by atoms with van der Waals surface area (Å²) in [4.78, 5) is 7.42. The molecule has 2 aliphatic rings. The van der Waals surface area contributed by atoms with Gasteiger partial charge in [0.25, 0.3) is 0 Å². The summed E-state index contributed by atoms with van der Waals surface area (Å²) in [7, 11) is 0. The van der Waals surface area contributed by atoms with Crippen molar-refractivity contribution in [2.75, 3.05) is 52.5 Å². The molecule has 2 heterocycles. The molecule has 2 fully saturated rings.